The van der Waals surface area contributed by atoms with E-state index >= 15 is 0 Å². The molecule has 0 radical (unpaired) electrons. The summed E-state index contributed by atoms with van der Waals surface area (Å²) in [5, 5.41) is 0.691. The highest BCUT2D eigenvalue weighted by atomic mass is 35.5. The summed E-state index contributed by atoms with van der Waals surface area (Å²) in [5.74, 6) is 0.870. The highest BCUT2D eigenvalue weighted by Gasteiger charge is 2.16. The summed E-state index contributed by atoms with van der Waals surface area (Å²) >= 11 is 5.82. The van der Waals surface area contributed by atoms with Crippen molar-refractivity contribution in [3.8, 4) is 0 Å². The van der Waals surface area contributed by atoms with Gasteiger partial charge in [-0.05, 0) is 30.2 Å². The van der Waals surface area contributed by atoms with Gasteiger partial charge in [0.25, 0.3) is 0 Å². The predicted molar refractivity (Wildman–Crippen MR) is 71.6 cm³/mol. The summed E-state index contributed by atoms with van der Waals surface area (Å²) in [6.07, 6.45) is 8.41. The second-order valence-corrected chi connectivity index (χ2v) is 5.43. The van der Waals surface area contributed by atoms with E-state index in [9.17, 15) is 4.79 Å². The number of rotatable bonds is 3. The van der Waals surface area contributed by atoms with Crippen molar-refractivity contribution in [1.82, 2.24) is 0 Å². The maximum Gasteiger partial charge on any atom is 0.163 e. The van der Waals surface area contributed by atoms with Crippen LogP contribution >= 0.6 is 11.6 Å². The topological polar surface area (TPSA) is 17.1 Å². The number of benzene rings is 1. The molecule has 0 aliphatic heterocycles. The van der Waals surface area contributed by atoms with Crippen LogP contribution in [-0.4, -0.2) is 5.78 Å². The van der Waals surface area contributed by atoms with Crippen molar-refractivity contribution in [1.29, 1.82) is 0 Å². The predicted octanol–water partition coefficient (Wildman–Crippen LogP) is 4.88. The third kappa shape index (κ3) is 3.85. The first-order valence-electron chi connectivity index (χ1n) is 6.54. The third-order valence-corrected chi connectivity index (χ3v) is 3.87. The van der Waals surface area contributed by atoms with Gasteiger partial charge >= 0.3 is 0 Å². The van der Waals surface area contributed by atoms with E-state index in [4.69, 9.17) is 11.6 Å². The number of carbonyl (C=O) groups is 1. The van der Waals surface area contributed by atoms with Crippen LogP contribution in [0.1, 0.15) is 55.3 Å². The fourth-order valence-corrected chi connectivity index (χ4v) is 2.71. The van der Waals surface area contributed by atoms with Crippen LogP contribution in [-0.2, 0) is 0 Å². The van der Waals surface area contributed by atoms with Crippen LogP contribution in [0, 0.1) is 5.92 Å². The average molecular weight is 251 g/mol. The van der Waals surface area contributed by atoms with Gasteiger partial charge in [-0.15, -0.1) is 0 Å². The fraction of sp³-hybridized carbons (Fsp3) is 0.533. The van der Waals surface area contributed by atoms with Crippen LogP contribution in [0.3, 0.4) is 0 Å². The molecule has 1 nitrogen and oxygen atoms in total. The van der Waals surface area contributed by atoms with Gasteiger partial charge in [0.05, 0.1) is 0 Å². The molecule has 0 heterocycles. The minimum absolute atomic E-state index is 0.272. The van der Waals surface area contributed by atoms with Gasteiger partial charge in [-0.25, -0.2) is 0 Å². The van der Waals surface area contributed by atoms with Crippen LogP contribution in [0.2, 0.25) is 5.02 Å². The second-order valence-electron chi connectivity index (χ2n) is 4.99. The van der Waals surface area contributed by atoms with E-state index in [0.29, 0.717) is 17.4 Å². The van der Waals surface area contributed by atoms with Crippen LogP contribution < -0.4 is 0 Å². The Balaban J connectivity index is 1.93. The maximum absolute atomic E-state index is 12.1. The molecule has 0 atom stereocenters. The minimum Gasteiger partial charge on any atom is -0.294 e. The van der Waals surface area contributed by atoms with E-state index in [1.807, 2.05) is 12.1 Å². The lowest BCUT2D eigenvalue weighted by Gasteiger charge is -2.12. The maximum atomic E-state index is 12.1. The van der Waals surface area contributed by atoms with Crippen molar-refractivity contribution in [2.75, 3.05) is 0 Å². The molecule has 1 aromatic rings. The molecule has 0 spiro atoms. The Labute approximate surface area is 108 Å². The molecule has 1 saturated carbocycles. The zero-order valence-electron chi connectivity index (χ0n) is 10.1. The van der Waals surface area contributed by atoms with Crippen molar-refractivity contribution < 1.29 is 4.79 Å². The van der Waals surface area contributed by atoms with E-state index in [-0.39, 0.29) is 5.78 Å². The molecule has 0 N–H and O–H groups in total. The molecule has 17 heavy (non-hydrogen) atoms. The minimum atomic E-state index is 0.272. The van der Waals surface area contributed by atoms with E-state index in [1.165, 1.54) is 38.5 Å². The Morgan fingerprint density at radius 2 is 1.65 bits per heavy atom. The summed E-state index contributed by atoms with van der Waals surface area (Å²) < 4.78 is 0. The highest BCUT2D eigenvalue weighted by Crippen LogP contribution is 2.26. The normalized spacial score (nSPS) is 17.7. The van der Waals surface area contributed by atoms with Crippen LogP contribution in [0.25, 0.3) is 0 Å². The van der Waals surface area contributed by atoms with Crippen molar-refractivity contribution in [2.24, 2.45) is 5.92 Å². The molecule has 0 saturated heterocycles. The summed E-state index contributed by atoms with van der Waals surface area (Å²) in [6, 6.07) is 7.26. The Kier molecular flexibility index (Phi) is 4.61. The first-order chi connectivity index (χ1) is 8.25. The van der Waals surface area contributed by atoms with Crippen molar-refractivity contribution >= 4 is 17.4 Å². The largest absolute Gasteiger partial charge is 0.294 e. The molecule has 1 aliphatic carbocycles. The lowest BCUT2D eigenvalue weighted by atomic mass is 9.92. The Morgan fingerprint density at radius 3 is 2.24 bits per heavy atom. The number of hydrogen-bond acceptors (Lipinski definition) is 1. The van der Waals surface area contributed by atoms with Gasteiger partial charge in [-0.3, -0.25) is 4.79 Å². The van der Waals surface area contributed by atoms with E-state index in [0.717, 1.165) is 5.56 Å². The number of carbonyl (C=O) groups excluding carboxylic acids is 1. The lowest BCUT2D eigenvalue weighted by Crippen LogP contribution is -2.08. The van der Waals surface area contributed by atoms with Gasteiger partial charge in [0.1, 0.15) is 0 Å². The molecular weight excluding hydrogens is 232 g/mol. The molecule has 0 bridgehead atoms. The molecular formula is C15H19ClO. The molecule has 0 aromatic heterocycles. The standard InChI is InChI=1S/C15H19ClO/c16-14-9-7-13(8-10-14)15(17)11-12-5-3-1-2-4-6-12/h7-10,12H,1-6,11H2. The van der Waals surface area contributed by atoms with Gasteiger partial charge in [-0.1, -0.05) is 50.1 Å². The molecule has 0 unspecified atom stereocenters. The Hall–Kier alpha value is -0.820. The van der Waals surface area contributed by atoms with Gasteiger partial charge in [-0.2, -0.15) is 0 Å². The quantitative estimate of drug-likeness (QED) is 0.552. The first kappa shape index (κ1) is 12.6. The number of Topliss-reactive ketones (excluding diaryl/α,β-unsaturated/α-hetero) is 1. The van der Waals surface area contributed by atoms with Crippen LogP contribution in [0.5, 0.6) is 0 Å². The number of halogens is 1. The van der Waals surface area contributed by atoms with Gasteiger partial charge in [0.15, 0.2) is 5.78 Å². The van der Waals surface area contributed by atoms with Gasteiger partial charge < -0.3 is 0 Å². The van der Waals surface area contributed by atoms with E-state index in [2.05, 4.69) is 0 Å². The summed E-state index contributed by atoms with van der Waals surface area (Å²) in [5.41, 5.74) is 0.804. The van der Waals surface area contributed by atoms with E-state index < -0.39 is 0 Å². The Bertz CT molecular complexity index is 361. The molecule has 92 valence electrons. The molecule has 1 aromatic carbocycles. The molecule has 1 fully saturated rings. The van der Waals surface area contributed by atoms with Crippen LogP contribution in [0.15, 0.2) is 24.3 Å². The highest BCUT2D eigenvalue weighted by molar-refractivity contribution is 6.30. The lowest BCUT2D eigenvalue weighted by molar-refractivity contribution is 0.0957. The van der Waals surface area contributed by atoms with Crippen molar-refractivity contribution in [3.63, 3.8) is 0 Å². The first-order valence-corrected chi connectivity index (χ1v) is 6.92. The molecule has 0 amide bonds. The molecule has 2 rings (SSSR count). The van der Waals surface area contributed by atoms with Crippen LogP contribution in [0.4, 0.5) is 0 Å². The van der Waals surface area contributed by atoms with Gasteiger partial charge in [0, 0.05) is 17.0 Å². The zero-order valence-corrected chi connectivity index (χ0v) is 10.9. The second kappa shape index (κ2) is 6.20. The SMILES string of the molecule is O=C(CC1CCCCCC1)c1ccc(Cl)cc1. The zero-order chi connectivity index (χ0) is 12.1. The fourth-order valence-electron chi connectivity index (χ4n) is 2.58. The summed E-state index contributed by atoms with van der Waals surface area (Å²) in [6.45, 7) is 0. The Morgan fingerprint density at radius 1 is 1.06 bits per heavy atom. The summed E-state index contributed by atoms with van der Waals surface area (Å²) in [7, 11) is 0. The summed E-state index contributed by atoms with van der Waals surface area (Å²) in [4.78, 5) is 12.1. The smallest absolute Gasteiger partial charge is 0.163 e. The monoisotopic (exact) mass is 250 g/mol. The third-order valence-electron chi connectivity index (χ3n) is 3.62. The van der Waals surface area contributed by atoms with Crippen molar-refractivity contribution in [2.45, 2.75) is 44.9 Å². The van der Waals surface area contributed by atoms with Crippen molar-refractivity contribution in [3.05, 3.63) is 34.9 Å². The van der Waals surface area contributed by atoms with E-state index in [1.54, 1.807) is 12.1 Å². The number of hydrogen-bond donors (Lipinski definition) is 0. The number of ketones is 1. The molecule has 1 aliphatic rings. The average Bonchev–Trinajstić information content (AvgIpc) is 2.58. The molecule has 2 heteroatoms. The van der Waals surface area contributed by atoms with Gasteiger partial charge in [0.2, 0.25) is 0 Å².